The first-order valence-corrected chi connectivity index (χ1v) is 15.2. The van der Waals surface area contributed by atoms with Gasteiger partial charge in [0.15, 0.2) is 0 Å². The Balaban J connectivity index is 1.35. The van der Waals surface area contributed by atoms with Gasteiger partial charge in [0.1, 0.15) is 23.1 Å². The molecule has 0 aliphatic heterocycles. The van der Waals surface area contributed by atoms with E-state index in [4.69, 9.17) is 19.4 Å². The van der Waals surface area contributed by atoms with Crippen LogP contribution in [0.2, 0.25) is 0 Å². The number of thiophene rings is 1. The molecule has 1 amide bonds. The van der Waals surface area contributed by atoms with Crippen molar-refractivity contribution in [1.82, 2.24) is 5.32 Å². The molecule has 41 heavy (non-hydrogen) atoms. The number of furan rings is 1. The summed E-state index contributed by atoms with van der Waals surface area (Å²) in [5, 5.41) is 12.7. The average Bonchev–Trinajstić information content (AvgIpc) is 3.61. The lowest BCUT2D eigenvalue weighted by Crippen LogP contribution is -2.28. The van der Waals surface area contributed by atoms with Crippen LogP contribution in [-0.2, 0) is 26.0 Å². The van der Waals surface area contributed by atoms with Gasteiger partial charge in [-0.05, 0) is 106 Å². The predicted octanol–water partition coefficient (Wildman–Crippen LogP) is 8.39. The summed E-state index contributed by atoms with van der Waals surface area (Å²) >= 11 is 5.25. The lowest BCUT2D eigenvalue weighted by molar-refractivity contribution is 0.0947. The summed E-state index contributed by atoms with van der Waals surface area (Å²) in [6.45, 7) is 7.61. The molecule has 2 aromatic carbocycles. The van der Waals surface area contributed by atoms with Crippen LogP contribution in [0.3, 0.4) is 0 Å². The largest absolute Gasteiger partial charge is 0.488 e. The summed E-state index contributed by atoms with van der Waals surface area (Å²) < 4.78 is 12.2. The SMILES string of the molecule is CC(C)(C)[C@@H]1CCc2c(sc(N=Cc3ccc(OCc4ccc(C#N)cc4)c(Br)c3)c2C(=O)NCc2ccco2)C1. The van der Waals surface area contributed by atoms with Crippen LogP contribution in [0, 0.1) is 22.7 Å². The van der Waals surface area contributed by atoms with Gasteiger partial charge in [0.25, 0.3) is 5.91 Å². The average molecular weight is 631 g/mol. The van der Waals surface area contributed by atoms with Crippen molar-refractivity contribution in [1.29, 1.82) is 5.26 Å². The summed E-state index contributed by atoms with van der Waals surface area (Å²) in [5.41, 5.74) is 4.52. The van der Waals surface area contributed by atoms with Gasteiger partial charge in [0, 0.05) is 11.1 Å². The maximum atomic E-state index is 13.4. The molecule has 1 atom stereocenters. The maximum absolute atomic E-state index is 13.4. The number of nitrogens with one attached hydrogen (secondary N) is 1. The molecule has 0 saturated carbocycles. The number of fused-ring (bicyclic) bond motifs is 1. The molecule has 1 N–H and O–H groups in total. The van der Waals surface area contributed by atoms with Crippen LogP contribution in [0.4, 0.5) is 5.00 Å². The van der Waals surface area contributed by atoms with E-state index >= 15 is 0 Å². The smallest absolute Gasteiger partial charge is 0.255 e. The fourth-order valence-corrected chi connectivity index (χ4v) is 6.77. The Bertz CT molecular complexity index is 1590. The molecule has 0 saturated heterocycles. The van der Waals surface area contributed by atoms with Crippen LogP contribution >= 0.6 is 27.3 Å². The van der Waals surface area contributed by atoms with Crippen molar-refractivity contribution in [2.45, 2.75) is 53.2 Å². The second-order valence-corrected chi connectivity index (χ2v) is 13.2. The Labute approximate surface area is 253 Å². The van der Waals surface area contributed by atoms with E-state index in [0.29, 0.717) is 41.7 Å². The van der Waals surface area contributed by atoms with Crippen molar-refractivity contribution in [3.8, 4) is 11.8 Å². The van der Waals surface area contributed by atoms with Gasteiger partial charge in [-0.15, -0.1) is 11.3 Å². The number of amides is 1. The Morgan fingerprint density at radius 1 is 1.24 bits per heavy atom. The molecule has 210 valence electrons. The molecule has 0 spiro atoms. The summed E-state index contributed by atoms with van der Waals surface area (Å²) in [6, 6.07) is 18.9. The number of halogens is 1. The number of nitrogens with zero attached hydrogens (tertiary/aromatic N) is 2. The van der Waals surface area contributed by atoms with Crippen LogP contribution in [0.5, 0.6) is 5.75 Å². The maximum Gasteiger partial charge on any atom is 0.255 e. The highest BCUT2D eigenvalue weighted by Crippen LogP contribution is 2.45. The van der Waals surface area contributed by atoms with Crippen molar-refractivity contribution in [2.24, 2.45) is 16.3 Å². The van der Waals surface area contributed by atoms with E-state index in [1.807, 2.05) is 42.5 Å². The fourth-order valence-electron chi connectivity index (χ4n) is 4.99. The molecule has 8 heteroatoms. The molecule has 1 aliphatic rings. The molecule has 6 nitrogen and oxygen atoms in total. The minimum Gasteiger partial charge on any atom is -0.488 e. The molecule has 0 unspecified atom stereocenters. The van der Waals surface area contributed by atoms with Gasteiger partial charge in [-0.25, -0.2) is 4.99 Å². The third-order valence-corrected chi connectivity index (χ3v) is 9.25. The van der Waals surface area contributed by atoms with Crippen molar-refractivity contribution in [3.05, 3.63) is 104 Å². The Morgan fingerprint density at radius 2 is 2.05 bits per heavy atom. The minimum atomic E-state index is -0.118. The summed E-state index contributed by atoms with van der Waals surface area (Å²) in [5.74, 6) is 1.88. The van der Waals surface area contributed by atoms with Crippen molar-refractivity contribution >= 4 is 44.4 Å². The number of nitriles is 1. The van der Waals surface area contributed by atoms with Crippen LogP contribution in [0.1, 0.15) is 70.4 Å². The van der Waals surface area contributed by atoms with Crippen LogP contribution in [0.25, 0.3) is 0 Å². The van der Waals surface area contributed by atoms with Gasteiger partial charge in [-0.3, -0.25) is 4.79 Å². The molecule has 2 aromatic heterocycles. The van der Waals surface area contributed by atoms with Gasteiger partial charge in [-0.1, -0.05) is 32.9 Å². The first-order valence-electron chi connectivity index (χ1n) is 13.6. The summed E-state index contributed by atoms with van der Waals surface area (Å²) in [6.07, 6.45) is 6.32. The van der Waals surface area contributed by atoms with E-state index in [1.165, 1.54) is 4.88 Å². The lowest BCUT2D eigenvalue weighted by Gasteiger charge is -2.33. The standard InChI is InChI=1S/C33H32BrN3O3S/c1-33(2,3)24-11-12-26-29(16-24)41-32(30(26)31(38)36-19-25-5-4-14-39-25)37-18-23-10-13-28(27(34)15-23)40-20-22-8-6-21(17-35)7-9-22/h4-10,13-15,18,24H,11-12,16,19-20H2,1-3H3,(H,36,38)/t24-/m1/s1. The molecule has 5 rings (SSSR count). The van der Waals surface area contributed by atoms with E-state index in [2.05, 4.69) is 48.1 Å². The number of rotatable bonds is 8. The second kappa shape index (κ2) is 12.5. The Morgan fingerprint density at radius 3 is 2.73 bits per heavy atom. The van der Waals surface area contributed by atoms with Crippen molar-refractivity contribution < 1.29 is 13.9 Å². The minimum absolute atomic E-state index is 0.118. The number of benzene rings is 2. The fraction of sp³-hybridized carbons (Fsp3) is 0.303. The molecular formula is C33H32BrN3O3S. The van der Waals surface area contributed by atoms with Crippen molar-refractivity contribution in [2.75, 3.05) is 0 Å². The van der Waals surface area contributed by atoms with Crippen LogP contribution < -0.4 is 10.1 Å². The van der Waals surface area contributed by atoms with Crippen LogP contribution in [0.15, 0.2) is 74.7 Å². The first kappa shape index (κ1) is 28.8. The monoisotopic (exact) mass is 629 g/mol. The van der Waals surface area contributed by atoms with Gasteiger partial charge in [0.05, 0.1) is 34.5 Å². The third-order valence-electron chi connectivity index (χ3n) is 7.47. The van der Waals surface area contributed by atoms with E-state index in [9.17, 15) is 4.79 Å². The zero-order valence-corrected chi connectivity index (χ0v) is 25.8. The zero-order chi connectivity index (χ0) is 29.0. The molecule has 0 fully saturated rings. The number of hydrogen-bond acceptors (Lipinski definition) is 6. The topological polar surface area (TPSA) is 87.6 Å². The van der Waals surface area contributed by atoms with Gasteiger partial charge in [0.2, 0.25) is 0 Å². The molecule has 4 aromatic rings. The van der Waals surface area contributed by atoms with Gasteiger partial charge >= 0.3 is 0 Å². The van der Waals surface area contributed by atoms with Gasteiger partial charge < -0.3 is 14.5 Å². The number of hydrogen-bond donors (Lipinski definition) is 1. The van der Waals surface area contributed by atoms with E-state index in [1.54, 1.807) is 35.9 Å². The highest BCUT2D eigenvalue weighted by atomic mass is 79.9. The third kappa shape index (κ3) is 6.98. The zero-order valence-electron chi connectivity index (χ0n) is 23.4. The number of carbonyl (C=O) groups is 1. The van der Waals surface area contributed by atoms with E-state index < -0.39 is 0 Å². The molecular weight excluding hydrogens is 598 g/mol. The number of aliphatic imine (C=N–C) groups is 1. The van der Waals surface area contributed by atoms with Crippen molar-refractivity contribution in [3.63, 3.8) is 0 Å². The summed E-state index contributed by atoms with van der Waals surface area (Å²) in [7, 11) is 0. The summed E-state index contributed by atoms with van der Waals surface area (Å²) in [4.78, 5) is 19.5. The predicted molar refractivity (Wildman–Crippen MR) is 166 cm³/mol. The highest BCUT2D eigenvalue weighted by molar-refractivity contribution is 9.10. The number of ether oxygens (including phenoxy) is 1. The van der Waals surface area contributed by atoms with E-state index in [0.717, 1.165) is 45.4 Å². The number of carbonyl (C=O) groups excluding carboxylic acids is 1. The normalized spacial score (nSPS) is 15.0. The molecule has 0 bridgehead atoms. The first-order chi connectivity index (χ1) is 19.7. The Hall–Kier alpha value is -3.67. The lowest BCUT2D eigenvalue weighted by atomic mass is 9.72. The Kier molecular flexibility index (Phi) is 8.77. The van der Waals surface area contributed by atoms with E-state index in [-0.39, 0.29) is 11.3 Å². The van der Waals surface area contributed by atoms with Crippen LogP contribution in [-0.4, -0.2) is 12.1 Å². The van der Waals surface area contributed by atoms with Gasteiger partial charge in [-0.2, -0.15) is 5.26 Å². The second-order valence-electron chi connectivity index (χ2n) is 11.3. The molecule has 2 heterocycles. The molecule has 0 radical (unpaired) electrons. The quantitative estimate of drug-likeness (QED) is 0.198. The highest BCUT2D eigenvalue weighted by Gasteiger charge is 2.33. The molecule has 1 aliphatic carbocycles.